The van der Waals surface area contributed by atoms with Gasteiger partial charge >= 0.3 is 5.69 Å². The van der Waals surface area contributed by atoms with Crippen molar-refractivity contribution >= 4 is 10.9 Å². The molecule has 1 heterocycles. The number of methoxy groups -OCH3 is 1. The van der Waals surface area contributed by atoms with Gasteiger partial charge in [0, 0.05) is 0 Å². The van der Waals surface area contributed by atoms with Crippen molar-refractivity contribution in [2.45, 2.75) is 6.67 Å². The van der Waals surface area contributed by atoms with Gasteiger partial charge in [-0.1, -0.05) is 6.07 Å². The number of fused-ring (bicyclic) bond motifs is 1. The van der Waals surface area contributed by atoms with Gasteiger partial charge in [0.15, 0.2) is 0 Å². The monoisotopic (exact) mass is 221 g/mol. The van der Waals surface area contributed by atoms with E-state index < -0.39 is 11.2 Å². The van der Waals surface area contributed by atoms with Crippen molar-refractivity contribution < 1.29 is 4.74 Å². The van der Waals surface area contributed by atoms with Crippen LogP contribution >= 0.6 is 0 Å². The Morgan fingerprint density at radius 3 is 2.81 bits per heavy atom. The lowest BCUT2D eigenvalue weighted by molar-refractivity contribution is 0.418. The predicted molar refractivity (Wildman–Crippen MR) is 59.6 cm³/mol. The summed E-state index contributed by atoms with van der Waals surface area (Å²) in [6.45, 7) is -0.151. The second-order valence-electron chi connectivity index (χ2n) is 3.23. The zero-order valence-electron chi connectivity index (χ0n) is 8.69. The van der Waals surface area contributed by atoms with E-state index in [0.717, 1.165) is 4.57 Å². The van der Waals surface area contributed by atoms with Crippen LogP contribution in [-0.2, 0) is 6.67 Å². The lowest BCUT2D eigenvalue weighted by Crippen LogP contribution is -2.37. The highest BCUT2D eigenvalue weighted by Crippen LogP contribution is 2.18. The predicted octanol–water partition coefficient (Wildman–Crippen LogP) is -0.385. The van der Waals surface area contributed by atoms with E-state index in [4.69, 9.17) is 10.5 Å². The highest BCUT2D eigenvalue weighted by Gasteiger charge is 2.09. The largest absolute Gasteiger partial charge is 0.495 e. The Morgan fingerprint density at radius 2 is 2.19 bits per heavy atom. The molecule has 0 radical (unpaired) electrons. The van der Waals surface area contributed by atoms with Gasteiger partial charge < -0.3 is 15.5 Å². The minimum atomic E-state index is -0.537. The molecule has 2 rings (SSSR count). The van der Waals surface area contributed by atoms with Crippen LogP contribution < -0.4 is 21.7 Å². The molecule has 0 fully saturated rings. The molecule has 0 atom stereocenters. The van der Waals surface area contributed by atoms with Gasteiger partial charge in [-0.25, -0.2) is 9.36 Å². The van der Waals surface area contributed by atoms with E-state index in [0.29, 0.717) is 16.7 Å². The van der Waals surface area contributed by atoms with Crippen molar-refractivity contribution in [1.82, 2.24) is 9.55 Å². The zero-order chi connectivity index (χ0) is 11.7. The van der Waals surface area contributed by atoms with Crippen LogP contribution in [0.3, 0.4) is 0 Å². The molecular formula is C10H11N3O3. The highest BCUT2D eigenvalue weighted by atomic mass is 16.5. The molecule has 6 nitrogen and oxygen atoms in total. The number of nitrogens with zero attached hydrogens (tertiary/aromatic N) is 1. The zero-order valence-corrected chi connectivity index (χ0v) is 8.69. The third-order valence-electron chi connectivity index (χ3n) is 2.38. The minimum absolute atomic E-state index is 0.151. The van der Waals surface area contributed by atoms with Gasteiger partial charge in [-0.15, -0.1) is 0 Å². The van der Waals surface area contributed by atoms with Gasteiger partial charge in [-0.3, -0.25) is 4.79 Å². The maximum Gasteiger partial charge on any atom is 0.330 e. The van der Waals surface area contributed by atoms with Crippen molar-refractivity contribution in [2.75, 3.05) is 7.11 Å². The van der Waals surface area contributed by atoms with E-state index >= 15 is 0 Å². The van der Waals surface area contributed by atoms with Crippen LogP contribution in [0, 0.1) is 0 Å². The van der Waals surface area contributed by atoms with Crippen LogP contribution in [0.25, 0.3) is 10.9 Å². The van der Waals surface area contributed by atoms with Gasteiger partial charge in [0.25, 0.3) is 5.56 Å². The molecule has 0 aliphatic heterocycles. The van der Waals surface area contributed by atoms with E-state index in [1.54, 1.807) is 18.2 Å². The number of H-pyrrole nitrogens is 1. The smallest absolute Gasteiger partial charge is 0.330 e. The molecule has 1 aromatic heterocycles. The van der Waals surface area contributed by atoms with Crippen LogP contribution in [-0.4, -0.2) is 16.7 Å². The van der Waals surface area contributed by atoms with Crippen molar-refractivity contribution in [1.29, 1.82) is 0 Å². The van der Waals surface area contributed by atoms with Crippen molar-refractivity contribution in [2.24, 2.45) is 5.73 Å². The normalized spacial score (nSPS) is 10.6. The first-order valence-corrected chi connectivity index (χ1v) is 4.69. The molecule has 3 N–H and O–H groups in total. The van der Waals surface area contributed by atoms with Gasteiger partial charge in [0.2, 0.25) is 0 Å². The Labute approximate surface area is 90.3 Å². The number of nitrogens with one attached hydrogen (secondary N) is 1. The van der Waals surface area contributed by atoms with Crippen molar-refractivity contribution in [3.63, 3.8) is 0 Å². The number of ether oxygens (including phenoxy) is 1. The van der Waals surface area contributed by atoms with Crippen LogP contribution in [0.4, 0.5) is 0 Å². The van der Waals surface area contributed by atoms with Crippen LogP contribution in [0.2, 0.25) is 0 Å². The molecule has 0 bridgehead atoms. The second kappa shape index (κ2) is 3.82. The van der Waals surface area contributed by atoms with E-state index in [1.165, 1.54) is 7.11 Å². The Kier molecular flexibility index (Phi) is 2.49. The van der Waals surface area contributed by atoms with Gasteiger partial charge in [0.05, 0.1) is 24.7 Å². The van der Waals surface area contributed by atoms with E-state index in [9.17, 15) is 9.59 Å². The van der Waals surface area contributed by atoms with Crippen LogP contribution in [0.5, 0.6) is 5.75 Å². The van der Waals surface area contributed by atoms with E-state index in [2.05, 4.69) is 4.98 Å². The maximum atomic E-state index is 11.9. The third kappa shape index (κ3) is 1.40. The molecule has 84 valence electrons. The lowest BCUT2D eigenvalue weighted by atomic mass is 10.2. The fourth-order valence-electron chi connectivity index (χ4n) is 1.59. The van der Waals surface area contributed by atoms with E-state index in [1.807, 2.05) is 0 Å². The van der Waals surface area contributed by atoms with Crippen LogP contribution in [0.1, 0.15) is 0 Å². The number of aromatic amines is 1. The molecular weight excluding hydrogens is 210 g/mol. The van der Waals surface area contributed by atoms with Gasteiger partial charge in [-0.05, 0) is 12.1 Å². The Hall–Kier alpha value is -2.08. The first-order valence-electron chi connectivity index (χ1n) is 4.69. The average molecular weight is 221 g/mol. The van der Waals surface area contributed by atoms with Gasteiger partial charge in [0.1, 0.15) is 5.75 Å². The van der Waals surface area contributed by atoms with Gasteiger partial charge in [-0.2, -0.15) is 0 Å². The Bertz CT molecular complexity index is 642. The molecule has 2 aromatic rings. The third-order valence-corrected chi connectivity index (χ3v) is 2.38. The van der Waals surface area contributed by atoms with Crippen molar-refractivity contribution in [3.8, 4) is 5.75 Å². The Balaban J connectivity index is 2.98. The molecule has 6 heteroatoms. The summed E-state index contributed by atoms with van der Waals surface area (Å²) in [6, 6.07) is 4.97. The summed E-state index contributed by atoms with van der Waals surface area (Å²) in [5, 5.41) is 0.379. The molecule has 0 saturated carbocycles. The molecule has 0 saturated heterocycles. The average Bonchev–Trinajstić information content (AvgIpc) is 2.29. The number of hydrogen-bond donors (Lipinski definition) is 2. The standard InChI is InChI=1S/C10H11N3O3/c1-16-7-4-2-3-6-8(7)12-10(15)13(5-11)9(6)14/h2-4H,5,11H2,1H3,(H,12,15). The molecule has 0 aliphatic carbocycles. The fourth-order valence-corrected chi connectivity index (χ4v) is 1.59. The summed E-state index contributed by atoms with van der Waals surface area (Å²) in [5.41, 5.74) is 4.76. The first kappa shape index (κ1) is 10.4. The molecule has 0 unspecified atom stereocenters. The lowest BCUT2D eigenvalue weighted by Gasteiger charge is -2.06. The summed E-state index contributed by atoms with van der Waals surface area (Å²) < 4.78 is 5.99. The number of para-hydroxylation sites is 1. The quantitative estimate of drug-likeness (QED) is 0.723. The maximum absolute atomic E-state index is 11.9. The summed E-state index contributed by atoms with van der Waals surface area (Å²) in [4.78, 5) is 26.0. The number of aromatic nitrogens is 2. The number of nitrogens with two attached hydrogens (primary N) is 1. The highest BCUT2D eigenvalue weighted by molar-refractivity contribution is 5.83. The number of benzene rings is 1. The summed E-state index contributed by atoms with van der Waals surface area (Å²) in [5.74, 6) is 0.455. The minimum Gasteiger partial charge on any atom is -0.495 e. The molecule has 0 amide bonds. The fraction of sp³-hybridized carbons (Fsp3) is 0.200. The SMILES string of the molecule is COc1cccc2c(=O)n(CN)c(=O)[nH]c12. The Morgan fingerprint density at radius 1 is 1.44 bits per heavy atom. The summed E-state index contributed by atoms with van der Waals surface area (Å²) >= 11 is 0. The molecule has 0 aliphatic rings. The molecule has 1 aromatic carbocycles. The molecule has 16 heavy (non-hydrogen) atoms. The van der Waals surface area contributed by atoms with Crippen LogP contribution in [0.15, 0.2) is 27.8 Å². The molecule has 0 spiro atoms. The van der Waals surface area contributed by atoms with E-state index in [-0.39, 0.29) is 6.67 Å². The first-order chi connectivity index (χ1) is 7.69. The van der Waals surface area contributed by atoms with Crippen molar-refractivity contribution in [3.05, 3.63) is 39.0 Å². The topological polar surface area (TPSA) is 90.1 Å². The summed E-state index contributed by atoms with van der Waals surface area (Å²) in [7, 11) is 1.47. The second-order valence-corrected chi connectivity index (χ2v) is 3.23. The summed E-state index contributed by atoms with van der Waals surface area (Å²) in [6.07, 6.45) is 0. The number of rotatable bonds is 2. The number of hydrogen-bond acceptors (Lipinski definition) is 4.